The van der Waals surface area contributed by atoms with E-state index in [0.717, 1.165) is 5.56 Å². The van der Waals surface area contributed by atoms with Crippen molar-refractivity contribution in [3.8, 4) is 5.75 Å². The smallest absolute Gasteiger partial charge is 0.328 e. The minimum Gasteiger partial charge on any atom is -0.494 e. The van der Waals surface area contributed by atoms with Gasteiger partial charge >= 0.3 is 5.97 Å². The predicted octanol–water partition coefficient (Wildman–Crippen LogP) is 7.23. The molecule has 0 radical (unpaired) electrons. The number of nitrogens with one attached hydrogen (secondary N) is 1. The highest BCUT2D eigenvalue weighted by atomic mass is 35.5. The van der Waals surface area contributed by atoms with Crippen molar-refractivity contribution >= 4 is 40.6 Å². The van der Waals surface area contributed by atoms with Crippen LogP contribution in [0.3, 0.4) is 0 Å². The molecular weight excluding hydrogens is 576 g/mol. The van der Waals surface area contributed by atoms with E-state index in [1.54, 1.807) is 41.3 Å². The van der Waals surface area contributed by atoms with Crippen LogP contribution < -0.4 is 15.0 Å². The molecule has 7 nitrogen and oxygen atoms in total. The standard InChI is InChI=1S/C36H37ClN2O5/c1-25(2)35(41)39(33-17-10-8-15-30(33)37)22-11-23-44-28-20-18-26(19-21-28)24-32(36(42)43-3)38-31-16-9-7-14-29(31)34(40)27-12-5-4-6-13-27/h4-10,12-21,25,32,38H,11,22-24H2,1-3H3/t32-/m0/s1. The van der Waals surface area contributed by atoms with E-state index in [0.29, 0.717) is 59.3 Å². The maximum absolute atomic E-state index is 13.2. The lowest BCUT2D eigenvalue weighted by molar-refractivity contribution is -0.141. The fourth-order valence-electron chi connectivity index (χ4n) is 4.78. The molecule has 0 bridgehead atoms. The van der Waals surface area contributed by atoms with Crippen molar-refractivity contribution in [1.82, 2.24) is 0 Å². The predicted molar refractivity (Wildman–Crippen MR) is 175 cm³/mol. The first-order valence-corrected chi connectivity index (χ1v) is 15.0. The number of carbonyl (C=O) groups is 3. The van der Waals surface area contributed by atoms with Crippen LogP contribution >= 0.6 is 11.6 Å². The van der Waals surface area contributed by atoms with Crippen molar-refractivity contribution in [3.05, 3.63) is 125 Å². The van der Waals surface area contributed by atoms with Crippen molar-refractivity contribution in [2.24, 2.45) is 5.92 Å². The van der Waals surface area contributed by atoms with Crippen LogP contribution in [0.25, 0.3) is 0 Å². The number of halogens is 1. The van der Waals surface area contributed by atoms with Gasteiger partial charge in [0.25, 0.3) is 0 Å². The number of esters is 1. The van der Waals surface area contributed by atoms with Crippen LogP contribution in [-0.4, -0.2) is 44.0 Å². The third-order valence-electron chi connectivity index (χ3n) is 7.08. The maximum atomic E-state index is 13.2. The number of hydrogen-bond acceptors (Lipinski definition) is 6. The summed E-state index contributed by atoms with van der Waals surface area (Å²) in [6, 6.07) is 30.3. The summed E-state index contributed by atoms with van der Waals surface area (Å²) >= 11 is 6.37. The molecule has 0 aliphatic rings. The molecule has 44 heavy (non-hydrogen) atoms. The zero-order valence-electron chi connectivity index (χ0n) is 25.2. The third kappa shape index (κ3) is 8.48. The molecule has 4 aromatic carbocycles. The van der Waals surface area contributed by atoms with Gasteiger partial charge in [0, 0.05) is 35.7 Å². The number of methoxy groups -OCH3 is 1. The van der Waals surface area contributed by atoms with Gasteiger partial charge in [0.2, 0.25) is 5.91 Å². The molecule has 0 unspecified atom stereocenters. The van der Waals surface area contributed by atoms with Gasteiger partial charge in [-0.15, -0.1) is 0 Å². The number of ether oxygens (including phenoxy) is 2. The average molecular weight is 613 g/mol. The van der Waals surface area contributed by atoms with Crippen LogP contribution in [0.15, 0.2) is 103 Å². The van der Waals surface area contributed by atoms with E-state index in [1.165, 1.54) is 7.11 Å². The molecule has 1 N–H and O–H groups in total. The molecule has 0 aliphatic carbocycles. The SMILES string of the molecule is COC(=O)[C@H](Cc1ccc(OCCCN(C(=O)C(C)C)c2ccccc2Cl)cc1)Nc1ccccc1C(=O)c1ccccc1. The molecule has 1 atom stereocenters. The molecule has 1 amide bonds. The molecular formula is C36H37ClN2O5. The Balaban J connectivity index is 1.37. The number of para-hydroxylation sites is 2. The average Bonchev–Trinajstić information content (AvgIpc) is 3.05. The Morgan fingerprint density at radius 2 is 1.50 bits per heavy atom. The fourth-order valence-corrected chi connectivity index (χ4v) is 5.01. The lowest BCUT2D eigenvalue weighted by Crippen LogP contribution is -2.36. The molecule has 0 aromatic heterocycles. The second-order valence-electron chi connectivity index (χ2n) is 10.6. The summed E-state index contributed by atoms with van der Waals surface area (Å²) in [5.74, 6) is -0.0626. The first-order valence-electron chi connectivity index (χ1n) is 14.6. The summed E-state index contributed by atoms with van der Waals surface area (Å²) in [6.07, 6.45) is 0.950. The maximum Gasteiger partial charge on any atom is 0.328 e. The third-order valence-corrected chi connectivity index (χ3v) is 7.40. The van der Waals surface area contributed by atoms with Gasteiger partial charge in [-0.2, -0.15) is 0 Å². The number of nitrogens with zero attached hydrogens (tertiary/aromatic N) is 1. The Morgan fingerprint density at radius 1 is 0.841 bits per heavy atom. The number of ketones is 1. The van der Waals surface area contributed by atoms with E-state index in [-0.39, 0.29) is 17.6 Å². The van der Waals surface area contributed by atoms with Gasteiger partial charge in [0.15, 0.2) is 5.78 Å². The second-order valence-corrected chi connectivity index (χ2v) is 11.0. The van der Waals surface area contributed by atoms with Gasteiger partial charge in [-0.3, -0.25) is 9.59 Å². The van der Waals surface area contributed by atoms with Crippen molar-refractivity contribution in [2.75, 3.05) is 30.5 Å². The Bertz CT molecular complexity index is 1560. The Hall–Kier alpha value is -4.62. The van der Waals surface area contributed by atoms with Crippen LogP contribution in [0.4, 0.5) is 11.4 Å². The van der Waals surface area contributed by atoms with Gasteiger partial charge in [-0.25, -0.2) is 4.79 Å². The molecule has 0 fully saturated rings. The zero-order chi connectivity index (χ0) is 31.5. The number of amides is 1. The van der Waals surface area contributed by atoms with Crippen molar-refractivity contribution in [1.29, 1.82) is 0 Å². The lowest BCUT2D eigenvalue weighted by atomic mass is 10.00. The Kier molecular flexibility index (Phi) is 11.5. The first kappa shape index (κ1) is 32.3. The molecule has 8 heteroatoms. The molecule has 4 aromatic rings. The van der Waals surface area contributed by atoms with Crippen LogP contribution in [0.5, 0.6) is 5.75 Å². The monoisotopic (exact) mass is 612 g/mol. The van der Waals surface area contributed by atoms with E-state index in [9.17, 15) is 14.4 Å². The largest absolute Gasteiger partial charge is 0.494 e. The molecule has 228 valence electrons. The number of rotatable bonds is 14. The quantitative estimate of drug-likeness (QED) is 0.0919. The number of anilines is 2. The first-order chi connectivity index (χ1) is 21.3. The zero-order valence-corrected chi connectivity index (χ0v) is 25.9. The van der Waals surface area contributed by atoms with Gasteiger partial charge in [-0.05, 0) is 48.4 Å². The summed E-state index contributed by atoms with van der Waals surface area (Å²) in [5, 5.41) is 3.76. The Morgan fingerprint density at radius 3 is 2.18 bits per heavy atom. The minimum absolute atomic E-state index is 0.00304. The lowest BCUT2D eigenvalue weighted by Gasteiger charge is -2.25. The van der Waals surface area contributed by atoms with Crippen LogP contribution in [0.1, 0.15) is 41.8 Å². The summed E-state index contributed by atoms with van der Waals surface area (Å²) in [7, 11) is 1.34. The van der Waals surface area contributed by atoms with Crippen molar-refractivity contribution in [2.45, 2.75) is 32.7 Å². The van der Waals surface area contributed by atoms with E-state index in [4.69, 9.17) is 21.1 Å². The molecule has 0 heterocycles. The highest BCUT2D eigenvalue weighted by molar-refractivity contribution is 6.33. The minimum atomic E-state index is -0.717. The highest BCUT2D eigenvalue weighted by Crippen LogP contribution is 2.27. The normalized spacial score (nSPS) is 11.5. The van der Waals surface area contributed by atoms with Gasteiger partial charge in [0.1, 0.15) is 11.8 Å². The van der Waals surface area contributed by atoms with Crippen LogP contribution in [-0.2, 0) is 20.7 Å². The highest BCUT2D eigenvalue weighted by Gasteiger charge is 2.23. The van der Waals surface area contributed by atoms with E-state index >= 15 is 0 Å². The summed E-state index contributed by atoms with van der Waals surface area (Å²) in [4.78, 5) is 40.5. The van der Waals surface area contributed by atoms with Crippen LogP contribution in [0, 0.1) is 5.92 Å². The summed E-state index contributed by atoms with van der Waals surface area (Å²) in [5.41, 5.74) is 3.17. The fraction of sp³-hybridized carbons (Fsp3) is 0.250. The van der Waals surface area contributed by atoms with E-state index < -0.39 is 12.0 Å². The number of benzene rings is 4. The van der Waals surface area contributed by atoms with Crippen molar-refractivity contribution in [3.63, 3.8) is 0 Å². The molecule has 0 saturated carbocycles. The van der Waals surface area contributed by atoms with Crippen molar-refractivity contribution < 1.29 is 23.9 Å². The number of hydrogen-bond donors (Lipinski definition) is 1. The van der Waals surface area contributed by atoms with Gasteiger partial charge in [0.05, 0.1) is 24.4 Å². The molecule has 0 aliphatic heterocycles. The summed E-state index contributed by atoms with van der Waals surface area (Å²) in [6.45, 7) is 4.62. The van der Waals surface area contributed by atoms with E-state index in [2.05, 4.69) is 5.32 Å². The van der Waals surface area contributed by atoms with E-state index in [1.807, 2.05) is 80.6 Å². The second kappa shape index (κ2) is 15.7. The van der Waals surface area contributed by atoms with Crippen LogP contribution in [0.2, 0.25) is 5.02 Å². The van der Waals surface area contributed by atoms with Gasteiger partial charge < -0.3 is 19.7 Å². The topological polar surface area (TPSA) is 84.9 Å². The molecule has 0 saturated heterocycles. The number of carbonyl (C=O) groups excluding carboxylic acids is 3. The Labute approximate surface area is 263 Å². The molecule has 4 rings (SSSR count). The molecule has 0 spiro atoms. The summed E-state index contributed by atoms with van der Waals surface area (Å²) < 4.78 is 11.0. The van der Waals surface area contributed by atoms with Gasteiger partial charge in [-0.1, -0.05) is 92.2 Å².